The normalized spacial score (nSPS) is 13.5. The Morgan fingerprint density at radius 1 is 1.22 bits per heavy atom. The number of amides is 1. The number of allylic oxidation sites excluding steroid dienone is 1. The zero-order valence-corrected chi connectivity index (χ0v) is 13.1. The van der Waals surface area contributed by atoms with Crippen LogP contribution in [0.15, 0.2) is 42.5 Å². The molecule has 0 aromatic heterocycles. The molecule has 0 aliphatic heterocycles. The number of carboxylic acid groups (broad SMARTS) is 1. The van der Waals surface area contributed by atoms with Gasteiger partial charge in [0.1, 0.15) is 0 Å². The second kappa shape index (κ2) is 8.85. The van der Waals surface area contributed by atoms with Gasteiger partial charge in [0, 0.05) is 5.56 Å². The van der Waals surface area contributed by atoms with Gasteiger partial charge < -0.3 is 16.2 Å². The predicted octanol–water partition coefficient (Wildman–Crippen LogP) is 1.51. The largest absolute Gasteiger partial charge is 0.479 e. The van der Waals surface area contributed by atoms with E-state index >= 15 is 0 Å². The maximum Gasteiger partial charge on any atom is 0.337 e. The molecule has 0 unspecified atom stereocenters. The smallest absolute Gasteiger partial charge is 0.337 e. The van der Waals surface area contributed by atoms with Crippen molar-refractivity contribution in [3.8, 4) is 0 Å². The zero-order valence-electron chi connectivity index (χ0n) is 13.1. The van der Waals surface area contributed by atoms with Gasteiger partial charge in [-0.25, -0.2) is 4.79 Å². The van der Waals surface area contributed by atoms with Crippen LogP contribution in [-0.4, -0.2) is 34.8 Å². The van der Waals surface area contributed by atoms with Crippen molar-refractivity contribution in [2.45, 2.75) is 31.7 Å². The maximum atomic E-state index is 12.4. The predicted molar refractivity (Wildman–Crippen MR) is 87.0 cm³/mol. The van der Waals surface area contributed by atoms with Gasteiger partial charge in [0.25, 0.3) is 5.91 Å². The first-order valence-electron chi connectivity index (χ1n) is 7.46. The number of hydrogen-bond acceptors (Lipinski definition) is 4. The zero-order chi connectivity index (χ0) is 17.3. The molecule has 124 valence electrons. The van der Waals surface area contributed by atoms with E-state index < -0.39 is 23.2 Å². The van der Waals surface area contributed by atoms with Gasteiger partial charge >= 0.3 is 5.97 Å². The third-order valence-corrected chi connectivity index (χ3v) is 3.47. The number of ketones is 1. The highest BCUT2D eigenvalue weighted by molar-refractivity contribution is 6.16. The highest BCUT2D eigenvalue weighted by atomic mass is 16.4. The van der Waals surface area contributed by atoms with E-state index in [1.54, 1.807) is 37.3 Å². The fourth-order valence-corrected chi connectivity index (χ4v) is 2.20. The van der Waals surface area contributed by atoms with Gasteiger partial charge in [-0.1, -0.05) is 24.3 Å². The van der Waals surface area contributed by atoms with Gasteiger partial charge in [0.2, 0.25) is 5.54 Å². The average molecular weight is 318 g/mol. The van der Waals surface area contributed by atoms with Crippen molar-refractivity contribution in [3.63, 3.8) is 0 Å². The quantitative estimate of drug-likeness (QED) is 0.363. The summed E-state index contributed by atoms with van der Waals surface area (Å²) in [6, 6.07) is 8.19. The number of aliphatic carboxylic acids is 1. The lowest BCUT2D eigenvalue weighted by Crippen LogP contribution is -2.59. The molecule has 0 fully saturated rings. The lowest BCUT2D eigenvalue weighted by molar-refractivity contribution is -0.148. The Balaban J connectivity index is 3.12. The fraction of sp³-hybridized carbons (Fsp3) is 0.353. The summed E-state index contributed by atoms with van der Waals surface area (Å²) in [7, 11) is 0. The summed E-state index contributed by atoms with van der Waals surface area (Å²) in [5.74, 6) is -2.63. The number of carboxylic acids is 1. The summed E-state index contributed by atoms with van der Waals surface area (Å²) in [5, 5.41) is 12.0. The molecule has 0 radical (unpaired) electrons. The summed E-state index contributed by atoms with van der Waals surface area (Å²) in [6.45, 7) is 2.00. The van der Waals surface area contributed by atoms with Gasteiger partial charge in [-0.2, -0.15) is 0 Å². The van der Waals surface area contributed by atoms with E-state index in [0.717, 1.165) is 0 Å². The standard InChI is InChI=1S/C17H22N2O4/c1-2-8-14(20)17(16(22)23,11-6-7-12-18)19-15(21)13-9-4-3-5-10-13/h2-5,8-10H,6-7,11-12,18H2,1H3,(H,19,21)(H,22,23)/t17-/m1/s1. The van der Waals surface area contributed by atoms with Gasteiger partial charge in [-0.15, -0.1) is 0 Å². The lowest BCUT2D eigenvalue weighted by atomic mass is 9.87. The number of benzene rings is 1. The van der Waals surface area contributed by atoms with E-state index in [1.807, 2.05) is 0 Å². The number of carbonyl (C=O) groups is 3. The molecule has 4 N–H and O–H groups in total. The molecule has 0 saturated heterocycles. The molecule has 0 saturated carbocycles. The Labute approximate surface area is 135 Å². The van der Waals surface area contributed by atoms with Gasteiger partial charge in [-0.05, 0) is 50.9 Å². The Hall–Kier alpha value is -2.47. The molecule has 1 atom stereocenters. The molecule has 1 amide bonds. The molecular weight excluding hydrogens is 296 g/mol. The van der Waals surface area contributed by atoms with Crippen LogP contribution in [0.2, 0.25) is 0 Å². The fourth-order valence-electron chi connectivity index (χ4n) is 2.20. The van der Waals surface area contributed by atoms with Crippen LogP contribution in [0.5, 0.6) is 0 Å². The van der Waals surface area contributed by atoms with Crippen molar-refractivity contribution in [2.24, 2.45) is 5.73 Å². The first-order chi connectivity index (χ1) is 11.0. The van der Waals surface area contributed by atoms with E-state index in [1.165, 1.54) is 12.2 Å². The molecule has 1 rings (SSSR count). The Morgan fingerprint density at radius 3 is 2.39 bits per heavy atom. The van der Waals surface area contributed by atoms with E-state index in [2.05, 4.69) is 5.32 Å². The summed E-state index contributed by atoms with van der Waals surface area (Å²) in [5.41, 5.74) is 3.75. The third-order valence-electron chi connectivity index (χ3n) is 3.47. The summed E-state index contributed by atoms with van der Waals surface area (Å²) in [6.07, 6.45) is 3.60. The van der Waals surface area contributed by atoms with Crippen molar-refractivity contribution in [2.75, 3.05) is 6.54 Å². The third kappa shape index (κ3) is 4.75. The summed E-state index contributed by atoms with van der Waals surface area (Å²) in [4.78, 5) is 36.5. The number of nitrogens with one attached hydrogen (secondary N) is 1. The molecular formula is C17H22N2O4. The molecule has 1 aromatic carbocycles. The SMILES string of the molecule is CC=CC(=O)[C@@](CCCCN)(NC(=O)c1ccccc1)C(=O)O. The highest BCUT2D eigenvalue weighted by Gasteiger charge is 2.45. The Bertz CT molecular complexity index is 584. The molecule has 0 spiro atoms. The Morgan fingerprint density at radius 2 is 1.87 bits per heavy atom. The van der Waals surface area contributed by atoms with Crippen LogP contribution in [0.3, 0.4) is 0 Å². The minimum absolute atomic E-state index is 0.0126. The second-order valence-electron chi connectivity index (χ2n) is 5.14. The van der Waals surface area contributed by atoms with Crippen LogP contribution in [0, 0.1) is 0 Å². The summed E-state index contributed by atoms with van der Waals surface area (Å²) >= 11 is 0. The first kappa shape index (κ1) is 18.6. The molecule has 0 heterocycles. The number of unbranched alkanes of at least 4 members (excludes halogenated alkanes) is 1. The molecule has 23 heavy (non-hydrogen) atoms. The molecule has 0 aliphatic carbocycles. The molecule has 6 heteroatoms. The van der Waals surface area contributed by atoms with Crippen LogP contribution < -0.4 is 11.1 Å². The van der Waals surface area contributed by atoms with Gasteiger partial charge in [-0.3, -0.25) is 9.59 Å². The van der Waals surface area contributed by atoms with Crippen LogP contribution in [0.1, 0.15) is 36.5 Å². The molecule has 0 aliphatic rings. The van der Waals surface area contributed by atoms with Crippen LogP contribution in [0.4, 0.5) is 0 Å². The highest BCUT2D eigenvalue weighted by Crippen LogP contribution is 2.19. The van der Waals surface area contributed by atoms with E-state index in [-0.39, 0.29) is 6.42 Å². The van der Waals surface area contributed by atoms with Crippen molar-refractivity contribution in [1.82, 2.24) is 5.32 Å². The van der Waals surface area contributed by atoms with Crippen molar-refractivity contribution < 1.29 is 19.5 Å². The van der Waals surface area contributed by atoms with Crippen LogP contribution in [-0.2, 0) is 9.59 Å². The topological polar surface area (TPSA) is 109 Å². The minimum atomic E-state index is -1.98. The summed E-state index contributed by atoms with van der Waals surface area (Å²) < 4.78 is 0. The molecule has 6 nitrogen and oxygen atoms in total. The lowest BCUT2D eigenvalue weighted by Gasteiger charge is -2.28. The number of nitrogens with two attached hydrogens (primary N) is 1. The Kier molecular flexibility index (Phi) is 7.15. The second-order valence-corrected chi connectivity index (χ2v) is 5.14. The van der Waals surface area contributed by atoms with Crippen molar-refractivity contribution in [1.29, 1.82) is 0 Å². The average Bonchev–Trinajstić information content (AvgIpc) is 2.54. The monoisotopic (exact) mass is 318 g/mol. The van der Waals surface area contributed by atoms with E-state index in [0.29, 0.717) is 24.9 Å². The van der Waals surface area contributed by atoms with E-state index in [9.17, 15) is 19.5 Å². The van der Waals surface area contributed by atoms with Crippen molar-refractivity contribution >= 4 is 17.7 Å². The number of rotatable bonds is 9. The molecule has 0 bridgehead atoms. The van der Waals surface area contributed by atoms with Gasteiger partial charge in [0.05, 0.1) is 0 Å². The van der Waals surface area contributed by atoms with Crippen LogP contribution >= 0.6 is 0 Å². The maximum absolute atomic E-state index is 12.4. The number of hydrogen-bond donors (Lipinski definition) is 3. The van der Waals surface area contributed by atoms with Gasteiger partial charge in [0.15, 0.2) is 5.78 Å². The minimum Gasteiger partial charge on any atom is -0.479 e. The van der Waals surface area contributed by atoms with E-state index in [4.69, 9.17) is 5.73 Å². The first-order valence-corrected chi connectivity index (χ1v) is 7.46. The van der Waals surface area contributed by atoms with Crippen LogP contribution in [0.25, 0.3) is 0 Å². The van der Waals surface area contributed by atoms with Crippen molar-refractivity contribution in [3.05, 3.63) is 48.0 Å². The molecule has 1 aromatic rings. The number of carbonyl (C=O) groups excluding carboxylic acids is 2.